The molecule has 2 rings (SSSR count). The van der Waals surface area contributed by atoms with Crippen molar-refractivity contribution >= 4 is 11.9 Å². The highest BCUT2D eigenvalue weighted by Gasteiger charge is 2.27. The number of aliphatic carboxylic acids is 1. The lowest BCUT2D eigenvalue weighted by Crippen LogP contribution is -2.39. The van der Waals surface area contributed by atoms with E-state index in [-0.39, 0.29) is 17.9 Å². The Kier molecular flexibility index (Phi) is 4.14. The minimum atomic E-state index is -0.729. The number of aryl methyl sites for hydroxylation is 1. The molecule has 5 nitrogen and oxygen atoms in total. The zero-order valence-electron chi connectivity index (χ0n) is 10.9. The van der Waals surface area contributed by atoms with Gasteiger partial charge in [-0.15, -0.1) is 0 Å². The molecule has 0 unspecified atom stereocenters. The van der Waals surface area contributed by atoms with Gasteiger partial charge in [0.2, 0.25) is 0 Å². The second kappa shape index (κ2) is 5.82. The summed E-state index contributed by atoms with van der Waals surface area (Å²) in [4.78, 5) is 26.9. The van der Waals surface area contributed by atoms with Crippen molar-refractivity contribution < 1.29 is 14.7 Å². The highest BCUT2D eigenvalue weighted by Crippen LogP contribution is 2.24. The number of carbonyl (C=O) groups excluding carboxylic acids is 1. The Morgan fingerprint density at radius 2 is 2.00 bits per heavy atom. The van der Waals surface area contributed by atoms with E-state index >= 15 is 0 Å². The fraction of sp³-hybridized carbons (Fsp3) is 0.500. The number of pyridine rings is 1. The molecular weight excluding hydrogens is 244 g/mol. The number of carboxylic acid groups (broad SMARTS) is 1. The summed E-state index contributed by atoms with van der Waals surface area (Å²) < 4.78 is 0. The van der Waals surface area contributed by atoms with Crippen molar-refractivity contribution in [2.45, 2.75) is 38.6 Å². The van der Waals surface area contributed by atoms with Crippen LogP contribution in [0.4, 0.5) is 0 Å². The molecule has 1 fully saturated rings. The van der Waals surface area contributed by atoms with E-state index in [0.29, 0.717) is 18.4 Å². The number of nitrogens with one attached hydrogen (secondary N) is 1. The van der Waals surface area contributed by atoms with Crippen molar-refractivity contribution in [3.05, 3.63) is 29.6 Å². The van der Waals surface area contributed by atoms with Gasteiger partial charge in [0.1, 0.15) is 0 Å². The number of rotatable bonds is 3. The molecular formula is C14H18N2O3. The molecule has 0 saturated heterocycles. The first-order valence-electron chi connectivity index (χ1n) is 6.52. The van der Waals surface area contributed by atoms with E-state index in [1.54, 1.807) is 18.5 Å². The molecule has 0 aromatic carbocycles. The van der Waals surface area contributed by atoms with Gasteiger partial charge in [-0.2, -0.15) is 0 Å². The van der Waals surface area contributed by atoms with Crippen molar-refractivity contribution in [2.75, 3.05) is 0 Å². The molecule has 1 aliphatic rings. The summed E-state index contributed by atoms with van der Waals surface area (Å²) in [6, 6.07) is 1.87. The second-order valence-corrected chi connectivity index (χ2v) is 5.05. The Labute approximate surface area is 112 Å². The minimum Gasteiger partial charge on any atom is -0.481 e. The van der Waals surface area contributed by atoms with Crippen LogP contribution in [0.5, 0.6) is 0 Å². The molecule has 0 bridgehead atoms. The standard InChI is InChI=1S/C14H18N2O3/c1-9-6-7-15-8-12(9)13(17)16-11-4-2-10(3-5-11)14(18)19/h6-8,10-11H,2-5H2,1H3,(H,16,17)(H,18,19). The average molecular weight is 262 g/mol. The molecule has 0 atom stereocenters. The van der Waals surface area contributed by atoms with Crippen LogP contribution in [0, 0.1) is 12.8 Å². The Bertz CT molecular complexity index is 479. The zero-order chi connectivity index (χ0) is 13.8. The molecule has 1 aromatic rings. The first-order chi connectivity index (χ1) is 9.08. The van der Waals surface area contributed by atoms with Crippen molar-refractivity contribution in [2.24, 2.45) is 5.92 Å². The molecule has 0 spiro atoms. The van der Waals surface area contributed by atoms with Crippen LogP contribution in [-0.2, 0) is 4.79 Å². The van der Waals surface area contributed by atoms with Crippen LogP contribution >= 0.6 is 0 Å². The number of carboxylic acids is 1. The van der Waals surface area contributed by atoms with E-state index in [2.05, 4.69) is 10.3 Å². The minimum absolute atomic E-state index is 0.0720. The monoisotopic (exact) mass is 262 g/mol. The van der Waals surface area contributed by atoms with Gasteiger partial charge in [0, 0.05) is 18.4 Å². The smallest absolute Gasteiger partial charge is 0.306 e. The summed E-state index contributed by atoms with van der Waals surface area (Å²) in [6.45, 7) is 1.87. The SMILES string of the molecule is Cc1ccncc1C(=O)NC1CCC(C(=O)O)CC1. The average Bonchev–Trinajstić information content (AvgIpc) is 2.39. The van der Waals surface area contributed by atoms with Gasteiger partial charge in [0.05, 0.1) is 11.5 Å². The van der Waals surface area contributed by atoms with Crippen molar-refractivity contribution in [1.82, 2.24) is 10.3 Å². The molecule has 1 heterocycles. The van der Waals surface area contributed by atoms with Crippen LogP contribution in [0.2, 0.25) is 0 Å². The number of hydrogen-bond donors (Lipinski definition) is 2. The Morgan fingerprint density at radius 3 is 2.58 bits per heavy atom. The number of amides is 1. The fourth-order valence-corrected chi connectivity index (χ4v) is 2.45. The predicted molar refractivity (Wildman–Crippen MR) is 69.8 cm³/mol. The van der Waals surface area contributed by atoms with Gasteiger partial charge in [-0.3, -0.25) is 14.6 Å². The van der Waals surface area contributed by atoms with Crippen molar-refractivity contribution in [3.63, 3.8) is 0 Å². The van der Waals surface area contributed by atoms with Crippen LogP contribution in [0.3, 0.4) is 0 Å². The van der Waals surface area contributed by atoms with E-state index in [9.17, 15) is 9.59 Å². The van der Waals surface area contributed by atoms with Crippen LogP contribution in [0.25, 0.3) is 0 Å². The lowest BCUT2D eigenvalue weighted by Gasteiger charge is -2.26. The molecule has 1 saturated carbocycles. The first kappa shape index (κ1) is 13.5. The molecule has 1 aromatic heterocycles. The van der Waals surface area contributed by atoms with E-state index in [4.69, 9.17) is 5.11 Å². The Balaban J connectivity index is 1.91. The molecule has 1 aliphatic carbocycles. The zero-order valence-corrected chi connectivity index (χ0v) is 10.9. The fourth-order valence-electron chi connectivity index (χ4n) is 2.45. The predicted octanol–water partition coefficient (Wildman–Crippen LogP) is 1.76. The molecule has 0 radical (unpaired) electrons. The summed E-state index contributed by atoms with van der Waals surface area (Å²) in [5.74, 6) is -1.11. The van der Waals surface area contributed by atoms with Crippen LogP contribution < -0.4 is 5.32 Å². The molecule has 19 heavy (non-hydrogen) atoms. The summed E-state index contributed by atoms with van der Waals surface area (Å²) in [7, 11) is 0. The molecule has 5 heteroatoms. The summed E-state index contributed by atoms with van der Waals surface area (Å²) in [5, 5.41) is 11.9. The van der Waals surface area contributed by atoms with Crippen LogP contribution in [0.1, 0.15) is 41.6 Å². The number of carbonyl (C=O) groups is 2. The highest BCUT2D eigenvalue weighted by molar-refractivity contribution is 5.95. The number of hydrogen-bond acceptors (Lipinski definition) is 3. The quantitative estimate of drug-likeness (QED) is 0.870. The number of nitrogens with zero attached hydrogens (tertiary/aromatic N) is 1. The van der Waals surface area contributed by atoms with Crippen molar-refractivity contribution in [3.8, 4) is 0 Å². The molecule has 0 aliphatic heterocycles. The van der Waals surface area contributed by atoms with E-state index in [1.165, 1.54) is 0 Å². The maximum atomic E-state index is 12.1. The van der Waals surface area contributed by atoms with Gasteiger partial charge in [-0.25, -0.2) is 0 Å². The molecule has 2 N–H and O–H groups in total. The third kappa shape index (κ3) is 3.30. The lowest BCUT2D eigenvalue weighted by atomic mass is 9.86. The van der Waals surface area contributed by atoms with Gasteiger partial charge in [-0.1, -0.05) is 0 Å². The Hall–Kier alpha value is -1.91. The first-order valence-corrected chi connectivity index (χ1v) is 6.52. The third-order valence-corrected chi connectivity index (χ3v) is 3.70. The van der Waals surface area contributed by atoms with E-state index in [1.807, 2.05) is 6.92 Å². The summed E-state index contributed by atoms with van der Waals surface area (Å²) >= 11 is 0. The van der Waals surface area contributed by atoms with E-state index in [0.717, 1.165) is 18.4 Å². The third-order valence-electron chi connectivity index (χ3n) is 3.70. The molecule has 102 valence electrons. The van der Waals surface area contributed by atoms with Gasteiger partial charge in [-0.05, 0) is 44.2 Å². The van der Waals surface area contributed by atoms with Gasteiger partial charge in [0.25, 0.3) is 5.91 Å². The topological polar surface area (TPSA) is 79.3 Å². The van der Waals surface area contributed by atoms with Gasteiger partial charge in [0.15, 0.2) is 0 Å². The maximum Gasteiger partial charge on any atom is 0.306 e. The van der Waals surface area contributed by atoms with Gasteiger partial charge < -0.3 is 10.4 Å². The summed E-state index contributed by atoms with van der Waals surface area (Å²) in [5.41, 5.74) is 1.48. The second-order valence-electron chi connectivity index (χ2n) is 5.05. The van der Waals surface area contributed by atoms with Gasteiger partial charge >= 0.3 is 5.97 Å². The van der Waals surface area contributed by atoms with Crippen LogP contribution in [0.15, 0.2) is 18.5 Å². The lowest BCUT2D eigenvalue weighted by molar-refractivity contribution is -0.142. The maximum absolute atomic E-state index is 12.1. The van der Waals surface area contributed by atoms with Crippen molar-refractivity contribution in [1.29, 1.82) is 0 Å². The normalized spacial score (nSPS) is 22.8. The molecule has 1 amide bonds. The van der Waals surface area contributed by atoms with Crippen LogP contribution in [-0.4, -0.2) is 28.0 Å². The van der Waals surface area contributed by atoms with E-state index < -0.39 is 5.97 Å². The summed E-state index contributed by atoms with van der Waals surface area (Å²) in [6.07, 6.45) is 5.93. The largest absolute Gasteiger partial charge is 0.481 e. The highest BCUT2D eigenvalue weighted by atomic mass is 16.4. The Morgan fingerprint density at radius 1 is 1.32 bits per heavy atom. The number of aromatic nitrogens is 1.